The summed E-state index contributed by atoms with van der Waals surface area (Å²) in [5, 5.41) is 11.6. The number of aromatic nitrogens is 3. The molecule has 0 aliphatic carbocycles. The molecule has 6 nitrogen and oxygen atoms in total. The quantitative estimate of drug-likeness (QED) is 0.378. The van der Waals surface area contributed by atoms with Crippen molar-refractivity contribution in [1.82, 2.24) is 14.8 Å². The summed E-state index contributed by atoms with van der Waals surface area (Å²) in [6.07, 6.45) is -0.365. The van der Waals surface area contributed by atoms with Gasteiger partial charge >= 0.3 is 0 Å². The molecule has 3 aromatic rings. The zero-order valence-electron chi connectivity index (χ0n) is 19.3. The molecule has 176 valence electrons. The lowest BCUT2D eigenvalue weighted by Crippen LogP contribution is -2.17. The predicted molar refractivity (Wildman–Crippen MR) is 126 cm³/mol. The number of halogens is 2. The van der Waals surface area contributed by atoms with Crippen LogP contribution in [0.4, 0.5) is 14.5 Å². The highest BCUT2D eigenvalue weighted by Gasteiger charge is 2.23. The summed E-state index contributed by atoms with van der Waals surface area (Å²) in [5.74, 6) is -0.206. The summed E-state index contributed by atoms with van der Waals surface area (Å²) >= 11 is 1.19. The van der Waals surface area contributed by atoms with Crippen molar-refractivity contribution < 1.29 is 18.3 Å². The van der Waals surface area contributed by atoms with E-state index in [-0.39, 0.29) is 23.6 Å². The van der Waals surface area contributed by atoms with Gasteiger partial charge in [0, 0.05) is 12.1 Å². The van der Waals surface area contributed by atoms with E-state index in [1.54, 1.807) is 0 Å². The first-order valence-corrected chi connectivity index (χ1v) is 11.7. The molecule has 0 fully saturated rings. The van der Waals surface area contributed by atoms with Gasteiger partial charge in [-0.25, -0.2) is 8.78 Å². The summed E-state index contributed by atoms with van der Waals surface area (Å²) in [6.45, 7) is 10.1. The zero-order valence-corrected chi connectivity index (χ0v) is 20.1. The number of nitrogens with zero attached hydrogens (tertiary/aromatic N) is 3. The molecule has 1 aromatic heterocycles. The molecule has 9 heteroatoms. The molecule has 2 aromatic carbocycles. The molecule has 0 spiro atoms. The molecule has 0 bridgehead atoms. The van der Waals surface area contributed by atoms with Crippen LogP contribution in [-0.2, 0) is 4.79 Å². The van der Waals surface area contributed by atoms with Gasteiger partial charge in [-0.2, -0.15) is 0 Å². The first-order chi connectivity index (χ1) is 15.7. The van der Waals surface area contributed by atoms with E-state index in [1.807, 2.05) is 49.6 Å². The van der Waals surface area contributed by atoms with Gasteiger partial charge in [0.15, 0.2) is 17.1 Å². The van der Waals surface area contributed by atoms with Gasteiger partial charge in [0.25, 0.3) is 0 Å². The standard InChI is InChI=1S/C24H28F2N4O2S/c1-14(2)18-8-6-7-9-21(18)32-16(5)23-28-29-24(30(23)15(3)4)33-13-22(31)27-20-11-10-17(25)12-19(20)26/h6-12,14-16H,13H2,1-5H3,(H,27,31). The van der Waals surface area contributed by atoms with Crippen LogP contribution < -0.4 is 10.1 Å². The monoisotopic (exact) mass is 474 g/mol. The number of amides is 1. The Hall–Kier alpha value is -2.94. The maximum absolute atomic E-state index is 13.8. The average Bonchev–Trinajstić information content (AvgIpc) is 3.19. The third kappa shape index (κ3) is 6.10. The fraction of sp³-hybridized carbons (Fsp3) is 0.375. The molecular weight excluding hydrogens is 446 g/mol. The van der Waals surface area contributed by atoms with Crippen LogP contribution in [0.25, 0.3) is 0 Å². The number of carbonyl (C=O) groups excluding carboxylic acids is 1. The lowest BCUT2D eigenvalue weighted by atomic mass is 10.0. The van der Waals surface area contributed by atoms with Gasteiger partial charge in [0.05, 0.1) is 11.4 Å². The van der Waals surface area contributed by atoms with Gasteiger partial charge in [-0.1, -0.05) is 43.8 Å². The van der Waals surface area contributed by atoms with E-state index in [0.29, 0.717) is 16.9 Å². The van der Waals surface area contributed by atoms with Gasteiger partial charge in [0.1, 0.15) is 17.4 Å². The predicted octanol–water partition coefficient (Wildman–Crippen LogP) is 6.13. The van der Waals surface area contributed by atoms with E-state index >= 15 is 0 Å². The van der Waals surface area contributed by atoms with Crippen molar-refractivity contribution in [3.05, 3.63) is 65.5 Å². The molecular formula is C24H28F2N4O2S. The molecule has 0 aliphatic rings. The minimum atomic E-state index is -0.825. The number of anilines is 1. The van der Waals surface area contributed by atoms with E-state index in [1.165, 1.54) is 17.8 Å². The fourth-order valence-electron chi connectivity index (χ4n) is 3.36. The molecule has 1 heterocycles. The second-order valence-electron chi connectivity index (χ2n) is 8.22. The zero-order chi connectivity index (χ0) is 24.1. The van der Waals surface area contributed by atoms with Crippen LogP contribution in [0.2, 0.25) is 0 Å². The summed E-state index contributed by atoms with van der Waals surface area (Å²) < 4.78 is 35.0. The van der Waals surface area contributed by atoms with E-state index < -0.39 is 17.5 Å². The minimum absolute atomic E-state index is 0.00685. The highest BCUT2D eigenvalue weighted by atomic mass is 32.2. The molecule has 33 heavy (non-hydrogen) atoms. The molecule has 1 N–H and O–H groups in total. The number of ether oxygens (including phenoxy) is 1. The Bertz CT molecular complexity index is 1120. The topological polar surface area (TPSA) is 69.0 Å². The van der Waals surface area contributed by atoms with Gasteiger partial charge in [0.2, 0.25) is 5.91 Å². The third-order valence-electron chi connectivity index (χ3n) is 4.95. The van der Waals surface area contributed by atoms with Gasteiger partial charge in [-0.3, -0.25) is 4.79 Å². The van der Waals surface area contributed by atoms with E-state index in [2.05, 4.69) is 29.4 Å². The number of carbonyl (C=O) groups is 1. The van der Waals surface area contributed by atoms with Crippen LogP contribution >= 0.6 is 11.8 Å². The maximum Gasteiger partial charge on any atom is 0.234 e. The SMILES string of the molecule is CC(C)c1ccccc1OC(C)c1nnc(SCC(=O)Nc2ccc(F)cc2F)n1C(C)C. The Kier molecular flexibility index (Phi) is 8.07. The lowest BCUT2D eigenvalue weighted by Gasteiger charge is -2.21. The van der Waals surface area contributed by atoms with Gasteiger partial charge in [-0.15, -0.1) is 10.2 Å². The van der Waals surface area contributed by atoms with Crippen molar-refractivity contribution in [2.45, 2.75) is 57.8 Å². The van der Waals surface area contributed by atoms with Gasteiger partial charge < -0.3 is 14.6 Å². The summed E-state index contributed by atoms with van der Waals surface area (Å²) in [5.41, 5.74) is 1.04. The second kappa shape index (κ2) is 10.8. The molecule has 1 amide bonds. The van der Waals surface area contributed by atoms with E-state index in [9.17, 15) is 13.6 Å². The molecule has 0 saturated carbocycles. The lowest BCUT2D eigenvalue weighted by molar-refractivity contribution is -0.113. The molecule has 0 radical (unpaired) electrons. The second-order valence-corrected chi connectivity index (χ2v) is 9.16. The normalized spacial score (nSPS) is 12.3. The molecule has 0 aliphatic heterocycles. The minimum Gasteiger partial charge on any atom is -0.482 e. The third-order valence-corrected chi connectivity index (χ3v) is 5.90. The van der Waals surface area contributed by atoms with Crippen molar-refractivity contribution in [3.63, 3.8) is 0 Å². The number of hydrogen-bond donors (Lipinski definition) is 1. The number of hydrogen-bond acceptors (Lipinski definition) is 5. The van der Waals surface area contributed by atoms with E-state index in [4.69, 9.17) is 4.74 Å². The van der Waals surface area contributed by atoms with Crippen LogP contribution in [0.5, 0.6) is 5.75 Å². The first kappa shape index (κ1) is 24.7. The highest BCUT2D eigenvalue weighted by molar-refractivity contribution is 7.99. The van der Waals surface area contributed by atoms with Crippen molar-refractivity contribution in [1.29, 1.82) is 0 Å². The number of nitrogens with one attached hydrogen (secondary N) is 1. The summed E-state index contributed by atoms with van der Waals surface area (Å²) in [7, 11) is 0. The molecule has 0 saturated heterocycles. The van der Waals surface area contributed by atoms with Gasteiger partial charge in [-0.05, 0) is 50.5 Å². The number of rotatable bonds is 9. The van der Waals surface area contributed by atoms with Crippen LogP contribution in [0.1, 0.15) is 64.1 Å². The number of thioether (sulfide) groups is 1. The van der Waals surface area contributed by atoms with Crippen LogP contribution in [0.3, 0.4) is 0 Å². The molecule has 1 atom stereocenters. The van der Waals surface area contributed by atoms with Crippen LogP contribution in [-0.4, -0.2) is 26.4 Å². The average molecular weight is 475 g/mol. The Morgan fingerprint density at radius 2 is 1.82 bits per heavy atom. The Balaban J connectivity index is 1.72. The van der Waals surface area contributed by atoms with Crippen molar-refractivity contribution in [2.24, 2.45) is 0 Å². The maximum atomic E-state index is 13.8. The van der Waals surface area contributed by atoms with Crippen LogP contribution in [0, 0.1) is 11.6 Å². The summed E-state index contributed by atoms with van der Waals surface area (Å²) in [6, 6.07) is 10.9. The Morgan fingerprint density at radius 3 is 2.48 bits per heavy atom. The Labute approximate surface area is 196 Å². The smallest absolute Gasteiger partial charge is 0.234 e. The van der Waals surface area contributed by atoms with Crippen molar-refractivity contribution in [2.75, 3.05) is 11.1 Å². The number of para-hydroxylation sites is 1. The van der Waals surface area contributed by atoms with Crippen LogP contribution in [0.15, 0.2) is 47.6 Å². The molecule has 1 unspecified atom stereocenters. The van der Waals surface area contributed by atoms with E-state index in [0.717, 1.165) is 23.4 Å². The first-order valence-electron chi connectivity index (χ1n) is 10.8. The van der Waals surface area contributed by atoms with Crippen molar-refractivity contribution >= 4 is 23.4 Å². The fourth-order valence-corrected chi connectivity index (χ4v) is 4.24. The number of benzene rings is 2. The highest BCUT2D eigenvalue weighted by Crippen LogP contribution is 2.32. The Morgan fingerprint density at radius 1 is 1.09 bits per heavy atom. The summed E-state index contributed by atoms with van der Waals surface area (Å²) in [4.78, 5) is 12.3. The van der Waals surface area contributed by atoms with Crippen molar-refractivity contribution in [3.8, 4) is 5.75 Å². The molecule has 3 rings (SSSR count). The largest absolute Gasteiger partial charge is 0.482 e.